The molecule has 1 amide bonds. The van der Waals surface area contributed by atoms with Crippen LogP contribution in [0.5, 0.6) is 0 Å². The number of aliphatic hydroxyl groups excluding tert-OH is 1. The lowest BCUT2D eigenvalue weighted by Gasteiger charge is -2.42. The van der Waals surface area contributed by atoms with Gasteiger partial charge in [0, 0.05) is 24.4 Å². The first-order valence-electron chi connectivity index (χ1n) is 12.3. The maximum Gasteiger partial charge on any atom is 0.338 e. The Hall–Kier alpha value is -3.23. The van der Waals surface area contributed by atoms with Gasteiger partial charge in [-0.25, -0.2) is 9.48 Å². The van der Waals surface area contributed by atoms with E-state index in [1.807, 2.05) is 23.1 Å². The molecule has 2 aromatic carbocycles. The zero-order valence-corrected chi connectivity index (χ0v) is 21.1. The van der Waals surface area contributed by atoms with Crippen molar-refractivity contribution in [3.63, 3.8) is 0 Å². The van der Waals surface area contributed by atoms with E-state index in [0.29, 0.717) is 35.7 Å². The number of ether oxygens (including phenoxy) is 1. The highest BCUT2D eigenvalue weighted by Gasteiger charge is 2.39. The summed E-state index contributed by atoms with van der Waals surface area (Å²) in [4.78, 5) is 27.3. The summed E-state index contributed by atoms with van der Waals surface area (Å²) in [7, 11) is 0. The summed E-state index contributed by atoms with van der Waals surface area (Å²) in [6.07, 6.45) is 4.59. The molecule has 1 fully saturated rings. The smallest absolute Gasteiger partial charge is 0.338 e. The summed E-state index contributed by atoms with van der Waals surface area (Å²) < 4.78 is 6.92. The summed E-state index contributed by atoms with van der Waals surface area (Å²) >= 11 is 6.07. The molecule has 36 heavy (non-hydrogen) atoms. The molecule has 8 nitrogen and oxygen atoms in total. The number of rotatable bonds is 9. The number of nitrogens with zero attached hydrogens (tertiary/aromatic N) is 4. The van der Waals surface area contributed by atoms with Crippen molar-refractivity contribution in [2.45, 2.75) is 63.8 Å². The lowest BCUT2D eigenvalue weighted by Crippen LogP contribution is -2.48. The van der Waals surface area contributed by atoms with Crippen LogP contribution in [-0.2, 0) is 16.1 Å². The van der Waals surface area contributed by atoms with Crippen molar-refractivity contribution in [2.24, 2.45) is 0 Å². The number of esters is 1. The second-order valence-corrected chi connectivity index (χ2v) is 9.51. The summed E-state index contributed by atoms with van der Waals surface area (Å²) in [6.45, 7) is 2.36. The van der Waals surface area contributed by atoms with Gasteiger partial charge in [0.05, 0.1) is 29.9 Å². The Morgan fingerprint density at radius 2 is 1.86 bits per heavy atom. The van der Waals surface area contributed by atoms with Gasteiger partial charge in [0.15, 0.2) is 0 Å². The molecule has 0 radical (unpaired) electrons. The molecule has 0 spiro atoms. The Bertz CT molecular complexity index is 1150. The Labute approximate surface area is 215 Å². The SMILES string of the molecule is CCCCCC(=O)N1C[C@@H](n2cc(COC(=O)c3ccccc3)nn2)[C@H](O)C[C@@H]1c1ccc(Cl)cc1. The third kappa shape index (κ3) is 6.30. The number of benzene rings is 2. The van der Waals surface area contributed by atoms with Crippen molar-refractivity contribution < 1.29 is 19.4 Å². The minimum absolute atomic E-state index is 0.0381. The molecule has 1 aromatic heterocycles. The van der Waals surface area contributed by atoms with Gasteiger partial charge < -0.3 is 14.7 Å². The molecule has 0 saturated carbocycles. The van der Waals surface area contributed by atoms with Crippen LogP contribution in [0.2, 0.25) is 5.02 Å². The van der Waals surface area contributed by atoms with E-state index >= 15 is 0 Å². The molecule has 1 saturated heterocycles. The molecule has 9 heteroatoms. The van der Waals surface area contributed by atoms with Crippen LogP contribution in [0.3, 0.4) is 0 Å². The third-order valence-electron chi connectivity index (χ3n) is 6.50. The summed E-state index contributed by atoms with van der Waals surface area (Å²) in [6, 6.07) is 15.4. The van der Waals surface area contributed by atoms with E-state index in [-0.39, 0.29) is 18.6 Å². The van der Waals surface area contributed by atoms with Crippen molar-refractivity contribution in [3.05, 3.63) is 82.6 Å². The van der Waals surface area contributed by atoms with Gasteiger partial charge in [0.1, 0.15) is 12.3 Å². The van der Waals surface area contributed by atoms with Gasteiger partial charge >= 0.3 is 5.97 Å². The fourth-order valence-electron chi connectivity index (χ4n) is 4.51. The lowest BCUT2D eigenvalue weighted by molar-refractivity contribution is -0.139. The molecule has 1 aliphatic rings. The number of likely N-dealkylation sites (tertiary alicyclic amines) is 1. The fourth-order valence-corrected chi connectivity index (χ4v) is 4.63. The van der Waals surface area contributed by atoms with E-state index in [4.69, 9.17) is 16.3 Å². The van der Waals surface area contributed by atoms with Crippen molar-refractivity contribution in [1.82, 2.24) is 19.9 Å². The maximum absolute atomic E-state index is 13.2. The molecule has 0 bridgehead atoms. The number of halogens is 1. The van der Waals surface area contributed by atoms with Gasteiger partial charge in [-0.1, -0.05) is 66.9 Å². The second kappa shape index (κ2) is 12.1. The first-order chi connectivity index (χ1) is 17.5. The fraction of sp³-hybridized carbons (Fsp3) is 0.407. The van der Waals surface area contributed by atoms with Gasteiger partial charge in [-0.2, -0.15) is 0 Å². The Morgan fingerprint density at radius 3 is 2.58 bits per heavy atom. The number of aromatic nitrogens is 3. The Balaban J connectivity index is 1.47. The molecule has 190 valence electrons. The van der Waals surface area contributed by atoms with E-state index in [2.05, 4.69) is 17.2 Å². The topological polar surface area (TPSA) is 97.6 Å². The van der Waals surface area contributed by atoms with E-state index in [9.17, 15) is 14.7 Å². The molecule has 1 N–H and O–H groups in total. The monoisotopic (exact) mass is 510 g/mol. The highest BCUT2D eigenvalue weighted by molar-refractivity contribution is 6.30. The number of carbonyl (C=O) groups excluding carboxylic acids is 2. The van der Waals surface area contributed by atoms with E-state index in [0.717, 1.165) is 24.8 Å². The van der Waals surface area contributed by atoms with Crippen LogP contribution < -0.4 is 0 Å². The molecule has 0 aliphatic carbocycles. The minimum Gasteiger partial charge on any atom is -0.455 e. The minimum atomic E-state index is -0.744. The van der Waals surface area contributed by atoms with Gasteiger partial charge in [-0.15, -0.1) is 5.10 Å². The van der Waals surface area contributed by atoms with Crippen LogP contribution in [-0.4, -0.2) is 49.5 Å². The average molecular weight is 511 g/mol. The predicted octanol–water partition coefficient (Wildman–Crippen LogP) is 4.74. The van der Waals surface area contributed by atoms with Crippen molar-refractivity contribution in [3.8, 4) is 0 Å². The number of carbonyl (C=O) groups is 2. The molecule has 0 unspecified atom stereocenters. The molecule has 3 aromatic rings. The standard InChI is InChI=1S/C27H31ClN4O4/c1-2-3-5-10-26(34)31-17-24(25(33)15-23(31)19-11-13-21(28)14-12-19)32-16-22(29-30-32)18-36-27(35)20-8-6-4-7-9-20/h4,6-9,11-14,16,23-25,33H,2-3,5,10,15,17-18H2,1H3/t23-,24-,25-/m1/s1. The van der Waals surface area contributed by atoms with Crippen LogP contribution in [0.4, 0.5) is 0 Å². The van der Waals surface area contributed by atoms with E-state index < -0.39 is 18.1 Å². The lowest BCUT2D eigenvalue weighted by atomic mass is 9.90. The first kappa shape index (κ1) is 25.9. The normalized spacial score (nSPS) is 19.8. The first-order valence-corrected chi connectivity index (χ1v) is 12.7. The zero-order valence-electron chi connectivity index (χ0n) is 20.3. The molecule has 2 heterocycles. The van der Waals surface area contributed by atoms with Gasteiger partial charge in [0.2, 0.25) is 5.91 Å². The quantitative estimate of drug-likeness (QED) is 0.330. The Kier molecular flexibility index (Phi) is 8.72. The predicted molar refractivity (Wildman–Crippen MR) is 135 cm³/mol. The van der Waals surface area contributed by atoms with E-state index in [1.54, 1.807) is 47.3 Å². The van der Waals surface area contributed by atoms with Crippen LogP contribution >= 0.6 is 11.6 Å². The number of hydrogen-bond acceptors (Lipinski definition) is 6. The van der Waals surface area contributed by atoms with Crippen molar-refractivity contribution in [1.29, 1.82) is 0 Å². The summed E-state index contributed by atoms with van der Waals surface area (Å²) in [5, 5.41) is 20.0. The zero-order chi connectivity index (χ0) is 25.5. The largest absolute Gasteiger partial charge is 0.455 e. The van der Waals surface area contributed by atoms with Gasteiger partial charge in [0.25, 0.3) is 0 Å². The van der Waals surface area contributed by atoms with Crippen molar-refractivity contribution >= 4 is 23.5 Å². The number of hydrogen-bond donors (Lipinski definition) is 1. The molecule has 4 rings (SSSR count). The molecular weight excluding hydrogens is 480 g/mol. The Morgan fingerprint density at radius 1 is 1.11 bits per heavy atom. The number of amides is 1. The maximum atomic E-state index is 13.2. The molecular formula is C27H31ClN4O4. The highest BCUT2D eigenvalue weighted by Crippen LogP contribution is 2.36. The van der Waals surface area contributed by atoms with Crippen LogP contribution in [0, 0.1) is 0 Å². The van der Waals surface area contributed by atoms with Crippen LogP contribution in [0.25, 0.3) is 0 Å². The number of unbranched alkanes of at least 4 members (excludes halogenated alkanes) is 2. The number of aliphatic hydroxyl groups is 1. The van der Waals surface area contributed by atoms with Gasteiger partial charge in [-0.05, 0) is 36.2 Å². The second-order valence-electron chi connectivity index (χ2n) is 9.07. The van der Waals surface area contributed by atoms with Gasteiger partial charge in [-0.3, -0.25) is 4.79 Å². The average Bonchev–Trinajstić information content (AvgIpc) is 3.37. The molecule has 1 aliphatic heterocycles. The highest BCUT2D eigenvalue weighted by atomic mass is 35.5. The molecule has 3 atom stereocenters. The van der Waals surface area contributed by atoms with E-state index in [1.165, 1.54) is 0 Å². The summed E-state index contributed by atoms with van der Waals surface area (Å²) in [5.74, 6) is -0.394. The van der Waals surface area contributed by atoms with Crippen LogP contribution in [0.15, 0.2) is 60.8 Å². The van der Waals surface area contributed by atoms with Crippen molar-refractivity contribution in [2.75, 3.05) is 6.54 Å². The third-order valence-corrected chi connectivity index (χ3v) is 6.75. The van der Waals surface area contributed by atoms with Crippen LogP contribution in [0.1, 0.15) is 72.7 Å². The summed E-state index contributed by atoms with van der Waals surface area (Å²) in [5.41, 5.74) is 1.86. The number of piperidine rings is 1.